The summed E-state index contributed by atoms with van der Waals surface area (Å²) in [5.74, 6) is 0.528. The molecule has 23 heavy (non-hydrogen) atoms. The van der Waals surface area contributed by atoms with Crippen LogP contribution in [0.2, 0.25) is 5.02 Å². The van der Waals surface area contributed by atoms with Gasteiger partial charge in [-0.05, 0) is 25.3 Å². The second-order valence-corrected chi connectivity index (χ2v) is 6.17. The van der Waals surface area contributed by atoms with E-state index in [1.165, 1.54) is 0 Å². The van der Waals surface area contributed by atoms with Crippen molar-refractivity contribution in [3.63, 3.8) is 0 Å². The molecule has 3 rings (SSSR count). The fourth-order valence-electron chi connectivity index (χ4n) is 3.21. The molecule has 6 nitrogen and oxygen atoms in total. The van der Waals surface area contributed by atoms with Gasteiger partial charge in [-0.15, -0.1) is 0 Å². The zero-order chi connectivity index (χ0) is 16.4. The summed E-state index contributed by atoms with van der Waals surface area (Å²) >= 11 is 6.34. The van der Waals surface area contributed by atoms with E-state index in [1.807, 2.05) is 18.2 Å². The van der Waals surface area contributed by atoms with Crippen molar-refractivity contribution >= 4 is 29.2 Å². The molecule has 0 saturated heterocycles. The molecule has 1 aliphatic heterocycles. The lowest BCUT2D eigenvalue weighted by Crippen LogP contribution is -2.51. The van der Waals surface area contributed by atoms with Gasteiger partial charge in [0.25, 0.3) is 0 Å². The molecule has 4 N–H and O–H groups in total. The van der Waals surface area contributed by atoms with Crippen LogP contribution in [0.3, 0.4) is 0 Å². The minimum atomic E-state index is -0.938. The number of aliphatic imine (C=N–C) groups is 2. The predicted octanol–water partition coefficient (Wildman–Crippen LogP) is 1.75. The van der Waals surface area contributed by atoms with E-state index in [0.29, 0.717) is 36.7 Å². The molecular weight excluding hydrogens is 316 g/mol. The minimum Gasteiger partial charge on any atom is -0.470 e. The maximum atomic E-state index is 12.9. The van der Waals surface area contributed by atoms with E-state index in [-0.39, 0.29) is 11.7 Å². The molecule has 2 bridgehead atoms. The molecule has 1 saturated carbocycles. The molecule has 2 aliphatic rings. The van der Waals surface area contributed by atoms with E-state index >= 15 is 0 Å². The van der Waals surface area contributed by atoms with Gasteiger partial charge in [-0.25, -0.2) is 4.99 Å². The van der Waals surface area contributed by atoms with Crippen molar-refractivity contribution in [3.8, 4) is 0 Å². The Hall–Kier alpha value is -2.08. The number of hydrogen-bond donors (Lipinski definition) is 2. The van der Waals surface area contributed by atoms with E-state index in [0.717, 1.165) is 12.0 Å². The van der Waals surface area contributed by atoms with Gasteiger partial charge in [0.1, 0.15) is 0 Å². The van der Waals surface area contributed by atoms with Crippen LogP contribution in [0.25, 0.3) is 0 Å². The van der Waals surface area contributed by atoms with E-state index in [1.54, 1.807) is 6.07 Å². The SMILES string of the molecule is NC(N)=NCCC1=NC2(c3ccccc3Cl)CCCC(O1)C2=O. The first-order valence-electron chi connectivity index (χ1n) is 7.63. The Morgan fingerprint density at radius 2 is 2.22 bits per heavy atom. The summed E-state index contributed by atoms with van der Waals surface area (Å²) < 4.78 is 5.74. The van der Waals surface area contributed by atoms with Crippen LogP contribution in [0.15, 0.2) is 34.3 Å². The van der Waals surface area contributed by atoms with Crippen molar-refractivity contribution in [2.75, 3.05) is 6.54 Å². The van der Waals surface area contributed by atoms with Crippen LogP contribution in [0.5, 0.6) is 0 Å². The summed E-state index contributed by atoms with van der Waals surface area (Å²) in [4.78, 5) is 21.4. The first-order valence-corrected chi connectivity index (χ1v) is 8.01. The zero-order valence-corrected chi connectivity index (χ0v) is 13.4. The molecule has 0 radical (unpaired) electrons. The molecule has 1 fully saturated rings. The number of carbonyl (C=O) groups excluding carboxylic acids is 1. The highest BCUT2D eigenvalue weighted by Crippen LogP contribution is 2.44. The van der Waals surface area contributed by atoms with Gasteiger partial charge in [-0.2, -0.15) is 0 Å². The molecule has 1 aromatic carbocycles. The minimum absolute atomic E-state index is 0.0116. The molecule has 2 unspecified atom stereocenters. The van der Waals surface area contributed by atoms with Crippen LogP contribution in [0.4, 0.5) is 0 Å². The summed E-state index contributed by atoms with van der Waals surface area (Å²) in [5, 5.41) is 0.552. The topological polar surface area (TPSA) is 103 Å². The number of nitrogens with zero attached hydrogens (tertiary/aromatic N) is 2. The van der Waals surface area contributed by atoms with Gasteiger partial charge >= 0.3 is 0 Å². The van der Waals surface area contributed by atoms with Gasteiger partial charge in [0.15, 0.2) is 23.5 Å². The van der Waals surface area contributed by atoms with Crippen molar-refractivity contribution in [2.45, 2.75) is 37.3 Å². The lowest BCUT2D eigenvalue weighted by atomic mass is 9.74. The number of fused-ring (bicyclic) bond motifs is 2. The fourth-order valence-corrected chi connectivity index (χ4v) is 3.50. The first-order chi connectivity index (χ1) is 11.0. The van der Waals surface area contributed by atoms with Gasteiger partial charge in [-0.1, -0.05) is 29.8 Å². The molecular formula is C16H19ClN4O2. The van der Waals surface area contributed by atoms with Gasteiger partial charge in [-0.3, -0.25) is 9.79 Å². The fraction of sp³-hybridized carbons (Fsp3) is 0.438. The molecule has 1 heterocycles. The maximum absolute atomic E-state index is 12.9. The Morgan fingerprint density at radius 1 is 1.43 bits per heavy atom. The van der Waals surface area contributed by atoms with Crippen molar-refractivity contribution in [1.82, 2.24) is 0 Å². The maximum Gasteiger partial charge on any atom is 0.205 e. The molecule has 0 spiro atoms. The highest BCUT2D eigenvalue weighted by molar-refractivity contribution is 6.32. The molecule has 2 atom stereocenters. The smallest absolute Gasteiger partial charge is 0.205 e. The average Bonchev–Trinajstić information content (AvgIpc) is 2.49. The summed E-state index contributed by atoms with van der Waals surface area (Å²) in [7, 11) is 0. The number of carbonyl (C=O) groups is 1. The molecule has 1 aliphatic carbocycles. The monoisotopic (exact) mass is 334 g/mol. The predicted molar refractivity (Wildman–Crippen MR) is 89.6 cm³/mol. The number of hydrogen-bond acceptors (Lipinski definition) is 4. The van der Waals surface area contributed by atoms with Crippen LogP contribution in [0.1, 0.15) is 31.2 Å². The summed E-state index contributed by atoms with van der Waals surface area (Å²) in [6.07, 6.45) is 2.19. The summed E-state index contributed by atoms with van der Waals surface area (Å²) in [6.45, 7) is 0.376. The van der Waals surface area contributed by atoms with Crippen molar-refractivity contribution < 1.29 is 9.53 Å². The largest absolute Gasteiger partial charge is 0.470 e. The lowest BCUT2D eigenvalue weighted by molar-refractivity contribution is -0.137. The molecule has 1 aromatic rings. The Labute approximate surface area is 139 Å². The van der Waals surface area contributed by atoms with Gasteiger partial charge in [0, 0.05) is 17.0 Å². The lowest BCUT2D eigenvalue weighted by Gasteiger charge is -2.41. The van der Waals surface area contributed by atoms with Crippen molar-refractivity contribution in [1.29, 1.82) is 0 Å². The number of Topliss-reactive ketones (excluding diaryl/α,β-unsaturated/α-hetero) is 1. The molecule has 122 valence electrons. The van der Waals surface area contributed by atoms with Crippen LogP contribution in [-0.4, -0.2) is 30.3 Å². The third-order valence-corrected chi connectivity index (χ3v) is 4.57. The van der Waals surface area contributed by atoms with Crippen molar-refractivity contribution in [2.24, 2.45) is 21.5 Å². The van der Waals surface area contributed by atoms with E-state index in [2.05, 4.69) is 9.98 Å². The normalized spacial score (nSPS) is 26.2. The Balaban J connectivity index is 1.99. The zero-order valence-electron chi connectivity index (χ0n) is 12.7. The Bertz CT molecular complexity index is 684. The second kappa shape index (κ2) is 6.20. The van der Waals surface area contributed by atoms with Gasteiger partial charge in [0.2, 0.25) is 5.78 Å². The average molecular weight is 335 g/mol. The number of halogens is 1. The van der Waals surface area contributed by atoms with Gasteiger partial charge in [0.05, 0.1) is 6.54 Å². The number of rotatable bonds is 4. The van der Waals surface area contributed by atoms with E-state index in [4.69, 9.17) is 27.8 Å². The quantitative estimate of drug-likeness (QED) is 0.646. The van der Waals surface area contributed by atoms with Crippen LogP contribution in [-0.2, 0) is 15.1 Å². The van der Waals surface area contributed by atoms with Crippen LogP contribution in [0, 0.1) is 0 Å². The number of nitrogens with two attached hydrogens (primary N) is 2. The van der Waals surface area contributed by atoms with Crippen molar-refractivity contribution in [3.05, 3.63) is 34.9 Å². The molecule has 0 amide bonds. The van der Waals surface area contributed by atoms with Crippen LogP contribution >= 0.6 is 11.6 Å². The van der Waals surface area contributed by atoms with Gasteiger partial charge < -0.3 is 16.2 Å². The number of ketones is 1. The number of guanidine groups is 1. The van der Waals surface area contributed by atoms with E-state index < -0.39 is 11.6 Å². The highest BCUT2D eigenvalue weighted by atomic mass is 35.5. The van der Waals surface area contributed by atoms with E-state index in [9.17, 15) is 4.79 Å². The third-order valence-electron chi connectivity index (χ3n) is 4.24. The third kappa shape index (κ3) is 2.91. The number of benzene rings is 1. The van der Waals surface area contributed by atoms with Crippen LogP contribution < -0.4 is 11.5 Å². The number of ether oxygens (including phenoxy) is 1. The standard InChI is InChI=1S/C16H19ClN4O2/c17-11-5-2-1-4-10(11)16-8-3-6-12(14(16)22)23-13(21-16)7-9-20-15(18)19/h1-2,4-5,12H,3,6-9H2,(H4,18,19,20). The Morgan fingerprint density at radius 3 is 2.96 bits per heavy atom. The highest BCUT2D eigenvalue weighted by Gasteiger charge is 2.51. The summed E-state index contributed by atoms with van der Waals surface area (Å²) in [5.41, 5.74) is 10.5. The molecule has 0 aromatic heterocycles. The second-order valence-electron chi connectivity index (χ2n) is 5.77. The molecule has 7 heteroatoms. The summed E-state index contributed by atoms with van der Waals surface area (Å²) in [6, 6.07) is 7.37. The Kier molecular flexibility index (Phi) is 4.26. The first kappa shape index (κ1) is 15.8.